The van der Waals surface area contributed by atoms with E-state index in [2.05, 4.69) is 15.2 Å². The molecule has 1 saturated heterocycles. The fourth-order valence-electron chi connectivity index (χ4n) is 2.88. The Morgan fingerprint density at radius 1 is 1.07 bits per heavy atom. The highest BCUT2D eigenvalue weighted by atomic mass is 127. The number of rotatable bonds is 8. The number of halogens is 2. The first-order valence-electron chi connectivity index (χ1n) is 9.55. The van der Waals surface area contributed by atoms with Crippen LogP contribution < -0.4 is 11.1 Å². The van der Waals surface area contributed by atoms with E-state index in [1.54, 1.807) is 23.9 Å². The lowest BCUT2D eigenvalue weighted by Crippen LogP contribution is -2.39. The third-order valence-corrected chi connectivity index (χ3v) is 5.48. The van der Waals surface area contributed by atoms with Crippen molar-refractivity contribution in [2.45, 2.75) is 22.8 Å². The number of aliphatic imine (C=N–C) groups is 1. The van der Waals surface area contributed by atoms with Crippen molar-refractivity contribution in [3.63, 3.8) is 0 Å². The standard InChI is InChI=1S/C21H27FN4OS.HI/c22-18-4-8-20(9-5-18)28-19-6-2-17(3-7-19)16-25-21(23)24-10-1-11-26-12-14-27-15-13-26;/h2-9H,1,10-16H2,(H3,23,24,25);1H. The summed E-state index contributed by atoms with van der Waals surface area (Å²) in [4.78, 5) is 8.93. The second-order valence-electron chi connectivity index (χ2n) is 6.64. The fraction of sp³-hybridized carbons (Fsp3) is 0.381. The fourth-order valence-corrected chi connectivity index (χ4v) is 3.69. The van der Waals surface area contributed by atoms with E-state index in [4.69, 9.17) is 10.5 Å². The zero-order valence-corrected chi connectivity index (χ0v) is 19.5. The maximum absolute atomic E-state index is 13.0. The second kappa shape index (κ2) is 13.0. The van der Waals surface area contributed by atoms with E-state index in [0.29, 0.717) is 12.5 Å². The molecular weight excluding hydrogens is 502 g/mol. The van der Waals surface area contributed by atoms with Gasteiger partial charge >= 0.3 is 0 Å². The van der Waals surface area contributed by atoms with E-state index < -0.39 is 0 Å². The largest absolute Gasteiger partial charge is 0.379 e. The highest BCUT2D eigenvalue weighted by Crippen LogP contribution is 2.27. The molecule has 0 aromatic heterocycles. The average molecular weight is 530 g/mol. The van der Waals surface area contributed by atoms with Gasteiger partial charge in [-0.15, -0.1) is 24.0 Å². The molecule has 29 heavy (non-hydrogen) atoms. The Balaban J connectivity index is 0.00000300. The molecule has 1 fully saturated rings. The van der Waals surface area contributed by atoms with Crippen molar-refractivity contribution in [2.75, 3.05) is 39.4 Å². The first-order valence-corrected chi connectivity index (χ1v) is 10.4. The average Bonchev–Trinajstić information content (AvgIpc) is 2.73. The Labute approximate surface area is 193 Å². The van der Waals surface area contributed by atoms with E-state index in [9.17, 15) is 4.39 Å². The van der Waals surface area contributed by atoms with E-state index in [-0.39, 0.29) is 29.8 Å². The zero-order chi connectivity index (χ0) is 19.6. The lowest BCUT2D eigenvalue weighted by atomic mass is 10.2. The summed E-state index contributed by atoms with van der Waals surface area (Å²) in [6, 6.07) is 14.7. The van der Waals surface area contributed by atoms with Crippen LogP contribution in [0.4, 0.5) is 4.39 Å². The van der Waals surface area contributed by atoms with Gasteiger partial charge in [-0.1, -0.05) is 23.9 Å². The summed E-state index contributed by atoms with van der Waals surface area (Å²) in [6.45, 7) is 6.11. The summed E-state index contributed by atoms with van der Waals surface area (Å²) in [5, 5.41) is 3.18. The molecule has 0 unspecified atom stereocenters. The molecule has 2 aromatic rings. The first kappa shape index (κ1) is 23.9. The Kier molecular flexibility index (Phi) is 10.8. The number of ether oxygens (including phenoxy) is 1. The molecule has 0 spiro atoms. The van der Waals surface area contributed by atoms with Gasteiger partial charge in [0.05, 0.1) is 19.8 Å². The van der Waals surface area contributed by atoms with Gasteiger partial charge in [-0.25, -0.2) is 9.38 Å². The van der Waals surface area contributed by atoms with Gasteiger partial charge in [0.25, 0.3) is 0 Å². The predicted molar refractivity (Wildman–Crippen MR) is 128 cm³/mol. The molecule has 0 radical (unpaired) electrons. The van der Waals surface area contributed by atoms with Gasteiger partial charge in [0.2, 0.25) is 0 Å². The summed E-state index contributed by atoms with van der Waals surface area (Å²) < 4.78 is 18.3. The molecule has 1 aliphatic rings. The molecule has 0 aliphatic carbocycles. The minimum absolute atomic E-state index is 0. The van der Waals surface area contributed by atoms with Gasteiger partial charge in [0.15, 0.2) is 5.96 Å². The summed E-state index contributed by atoms with van der Waals surface area (Å²) in [6.07, 6.45) is 1.03. The third-order valence-electron chi connectivity index (χ3n) is 4.47. The number of hydrogen-bond donors (Lipinski definition) is 2. The third kappa shape index (κ3) is 8.90. The minimum Gasteiger partial charge on any atom is -0.379 e. The predicted octanol–water partition coefficient (Wildman–Crippen LogP) is 3.72. The molecule has 1 heterocycles. The molecule has 5 nitrogen and oxygen atoms in total. The molecule has 1 aliphatic heterocycles. The van der Waals surface area contributed by atoms with E-state index >= 15 is 0 Å². The van der Waals surface area contributed by atoms with Crippen LogP contribution in [-0.4, -0.2) is 50.3 Å². The molecular formula is C21H28FIN4OS. The number of nitrogens with one attached hydrogen (secondary N) is 1. The lowest BCUT2D eigenvalue weighted by Gasteiger charge is -2.26. The summed E-state index contributed by atoms with van der Waals surface area (Å²) in [5.74, 6) is 0.261. The smallest absolute Gasteiger partial charge is 0.188 e. The Bertz CT molecular complexity index is 752. The van der Waals surface area contributed by atoms with Gasteiger partial charge in [-0.2, -0.15) is 0 Å². The van der Waals surface area contributed by atoms with Crippen molar-refractivity contribution in [3.05, 3.63) is 59.9 Å². The van der Waals surface area contributed by atoms with Crippen molar-refractivity contribution in [3.8, 4) is 0 Å². The summed E-state index contributed by atoms with van der Waals surface area (Å²) in [7, 11) is 0. The van der Waals surface area contributed by atoms with Crippen molar-refractivity contribution in [1.29, 1.82) is 0 Å². The minimum atomic E-state index is -0.218. The lowest BCUT2D eigenvalue weighted by molar-refractivity contribution is 0.0376. The van der Waals surface area contributed by atoms with Crippen molar-refractivity contribution < 1.29 is 9.13 Å². The first-order chi connectivity index (χ1) is 13.7. The topological polar surface area (TPSA) is 62.9 Å². The number of nitrogens with zero attached hydrogens (tertiary/aromatic N) is 2. The summed E-state index contributed by atoms with van der Waals surface area (Å²) in [5.41, 5.74) is 7.05. The van der Waals surface area contributed by atoms with Crippen LogP contribution in [0.15, 0.2) is 63.3 Å². The van der Waals surface area contributed by atoms with E-state index in [0.717, 1.165) is 61.2 Å². The number of benzene rings is 2. The molecule has 3 N–H and O–H groups in total. The Morgan fingerprint density at radius 3 is 2.34 bits per heavy atom. The van der Waals surface area contributed by atoms with Crippen LogP contribution in [0.2, 0.25) is 0 Å². The van der Waals surface area contributed by atoms with Crippen LogP contribution in [0.25, 0.3) is 0 Å². The highest BCUT2D eigenvalue weighted by molar-refractivity contribution is 14.0. The quantitative estimate of drug-likeness (QED) is 0.236. The number of guanidine groups is 1. The van der Waals surface area contributed by atoms with Gasteiger partial charge in [-0.3, -0.25) is 4.90 Å². The monoisotopic (exact) mass is 530 g/mol. The van der Waals surface area contributed by atoms with Crippen LogP contribution in [-0.2, 0) is 11.3 Å². The Morgan fingerprint density at radius 2 is 1.69 bits per heavy atom. The van der Waals surface area contributed by atoms with Crippen LogP contribution in [0.3, 0.4) is 0 Å². The number of hydrogen-bond acceptors (Lipinski definition) is 4. The van der Waals surface area contributed by atoms with Crippen LogP contribution >= 0.6 is 35.7 Å². The van der Waals surface area contributed by atoms with Crippen molar-refractivity contribution >= 4 is 41.7 Å². The van der Waals surface area contributed by atoms with E-state index in [1.807, 2.05) is 24.3 Å². The molecule has 3 rings (SSSR count). The molecule has 0 saturated carbocycles. The van der Waals surface area contributed by atoms with Crippen LogP contribution in [0.5, 0.6) is 0 Å². The SMILES string of the molecule is I.NC(=NCc1ccc(Sc2ccc(F)cc2)cc1)NCCCN1CCOCC1. The second-order valence-corrected chi connectivity index (χ2v) is 7.78. The summed E-state index contributed by atoms with van der Waals surface area (Å²) >= 11 is 1.60. The molecule has 0 amide bonds. The zero-order valence-electron chi connectivity index (χ0n) is 16.4. The maximum atomic E-state index is 13.0. The van der Waals surface area contributed by atoms with Gasteiger partial charge in [0.1, 0.15) is 5.82 Å². The van der Waals surface area contributed by atoms with Gasteiger partial charge in [-0.05, 0) is 54.9 Å². The molecule has 0 atom stereocenters. The molecule has 8 heteroatoms. The normalized spacial score (nSPS) is 15.0. The Hall–Kier alpha value is -1.36. The van der Waals surface area contributed by atoms with Gasteiger partial charge in [0, 0.05) is 29.4 Å². The number of morpholine rings is 1. The van der Waals surface area contributed by atoms with Gasteiger partial charge < -0.3 is 15.8 Å². The van der Waals surface area contributed by atoms with Crippen molar-refractivity contribution in [1.82, 2.24) is 10.2 Å². The van der Waals surface area contributed by atoms with E-state index in [1.165, 1.54) is 12.1 Å². The number of nitrogens with two attached hydrogens (primary N) is 1. The molecule has 0 bridgehead atoms. The molecule has 158 valence electrons. The maximum Gasteiger partial charge on any atom is 0.188 e. The highest BCUT2D eigenvalue weighted by Gasteiger charge is 2.09. The molecule has 2 aromatic carbocycles. The van der Waals surface area contributed by atoms with Crippen molar-refractivity contribution in [2.24, 2.45) is 10.7 Å². The van der Waals surface area contributed by atoms with Crippen LogP contribution in [0.1, 0.15) is 12.0 Å². The van der Waals surface area contributed by atoms with Crippen LogP contribution in [0, 0.1) is 5.82 Å².